The number of aromatic nitrogens is 3. The summed E-state index contributed by atoms with van der Waals surface area (Å²) in [6, 6.07) is 22.0. The number of likely N-dealkylation sites (N-methyl/N-ethyl adjacent to an activating group) is 1. The Kier molecular flexibility index (Phi) is 8.30. The van der Waals surface area contributed by atoms with Crippen molar-refractivity contribution in [3.05, 3.63) is 94.4 Å². The smallest absolute Gasteiger partial charge is 0.280 e. The average molecular weight is 633 g/mol. The van der Waals surface area contributed by atoms with Crippen LogP contribution < -0.4 is 35.5 Å². The first-order chi connectivity index (χ1) is 22.9. The predicted molar refractivity (Wildman–Crippen MR) is 188 cm³/mol. The molecule has 1 saturated heterocycles. The van der Waals surface area contributed by atoms with Crippen molar-refractivity contribution < 1.29 is 9.47 Å². The standard InChI is InChI=1S/C36H40N8O3/c1-24-6-5-7-30-33(24)37-14-15-43(30)31-20-26-23-39-36(38-22-25-8-13-29(46-3)21-32(25)47-4)40-34(26)44(35(31)45)28-11-9-27(10-12-28)42-18-16-41(2)17-19-42/h5-13,20-21,23,37H,14-19,22H2,1-4H3,(H,38,39,40). The van der Waals surface area contributed by atoms with E-state index in [1.807, 2.05) is 42.5 Å². The number of aryl methyl sites for hydroxylation is 1. The maximum absolute atomic E-state index is 14.6. The summed E-state index contributed by atoms with van der Waals surface area (Å²) in [5.74, 6) is 1.83. The molecule has 2 aliphatic heterocycles. The fraction of sp³-hybridized carbons (Fsp3) is 0.306. The molecule has 0 aliphatic carbocycles. The summed E-state index contributed by atoms with van der Waals surface area (Å²) in [5, 5.41) is 7.61. The number of anilines is 5. The molecule has 47 heavy (non-hydrogen) atoms. The van der Waals surface area contributed by atoms with E-state index in [1.54, 1.807) is 25.0 Å². The van der Waals surface area contributed by atoms with Gasteiger partial charge in [-0.3, -0.25) is 9.36 Å². The highest BCUT2D eigenvalue weighted by Crippen LogP contribution is 2.36. The van der Waals surface area contributed by atoms with Gasteiger partial charge in [0.2, 0.25) is 5.95 Å². The second-order valence-electron chi connectivity index (χ2n) is 12.0. The van der Waals surface area contributed by atoms with Crippen molar-refractivity contribution in [3.8, 4) is 17.2 Å². The van der Waals surface area contributed by atoms with Crippen molar-refractivity contribution >= 4 is 39.7 Å². The molecular formula is C36H40N8O3. The largest absolute Gasteiger partial charge is 0.497 e. The number of nitrogens with zero attached hydrogens (tertiary/aromatic N) is 6. The van der Waals surface area contributed by atoms with Crippen LogP contribution in [0.3, 0.4) is 0 Å². The van der Waals surface area contributed by atoms with Crippen molar-refractivity contribution in [1.82, 2.24) is 19.4 Å². The molecule has 0 saturated carbocycles. The van der Waals surface area contributed by atoms with Crippen molar-refractivity contribution in [1.29, 1.82) is 0 Å². The average Bonchev–Trinajstić information content (AvgIpc) is 3.11. The molecular weight excluding hydrogens is 592 g/mol. The molecule has 2 aliphatic rings. The zero-order valence-corrected chi connectivity index (χ0v) is 27.3. The molecule has 4 heterocycles. The quantitative estimate of drug-likeness (QED) is 0.242. The van der Waals surface area contributed by atoms with Crippen LogP contribution in [0, 0.1) is 6.92 Å². The van der Waals surface area contributed by atoms with Crippen LogP contribution in [0.5, 0.6) is 11.5 Å². The number of methoxy groups -OCH3 is 2. The molecule has 242 valence electrons. The number of rotatable bonds is 8. The Labute approximate surface area is 274 Å². The number of pyridine rings is 1. The summed E-state index contributed by atoms with van der Waals surface area (Å²) in [5.41, 5.74) is 6.97. The fourth-order valence-electron chi connectivity index (χ4n) is 6.42. The minimum absolute atomic E-state index is 0.138. The van der Waals surface area contributed by atoms with Gasteiger partial charge >= 0.3 is 0 Å². The van der Waals surface area contributed by atoms with Gasteiger partial charge in [0.15, 0.2) is 5.65 Å². The molecule has 0 unspecified atom stereocenters. The van der Waals surface area contributed by atoms with Crippen LogP contribution in [0.4, 0.5) is 28.7 Å². The van der Waals surface area contributed by atoms with Gasteiger partial charge in [-0.1, -0.05) is 12.1 Å². The zero-order chi connectivity index (χ0) is 32.5. The van der Waals surface area contributed by atoms with Crippen LogP contribution in [0.25, 0.3) is 16.7 Å². The van der Waals surface area contributed by atoms with E-state index < -0.39 is 0 Å². The van der Waals surface area contributed by atoms with E-state index >= 15 is 0 Å². The zero-order valence-electron chi connectivity index (χ0n) is 27.3. The van der Waals surface area contributed by atoms with E-state index in [4.69, 9.17) is 14.5 Å². The number of nitrogens with one attached hydrogen (secondary N) is 2. The van der Waals surface area contributed by atoms with Gasteiger partial charge in [0.05, 0.1) is 31.3 Å². The first-order valence-electron chi connectivity index (χ1n) is 16.0. The van der Waals surface area contributed by atoms with E-state index in [2.05, 4.69) is 68.6 Å². The number of hydrogen-bond acceptors (Lipinski definition) is 10. The third kappa shape index (κ3) is 5.90. The summed E-state index contributed by atoms with van der Waals surface area (Å²) in [6.45, 7) is 7.88. The van der Waals surface area contributed by atoms with E-state index in [1.165, 1.54) is 0 Å². The van der Waals surface area contributed by atoms with Crippen LogP contribution >= 0.6 is 0 Å². The second-order valence-corrected chi connectivity index (χ2v) is 12.0. The van der Waals surface area contributed by atoms with Crippen LogP contribution in [0.2, 0.25) is 0 Å². The Balaban J connectivity index is 1.30. The predicted octanol–water partition coefficient (Wildman–Crippen LogP) is 5.03. The monoisotopic (exact) mass is 632 g/mol. The first kappa shape index (κ1) is 30.4. The minimum Gasteiger partial charge on any atom is -0.497 e. The molecule has 2 N–H and O–H groups in total. The van der Waals surface area contributed by atoms with Crippen LogP contribution in [-0.2, 0) is 6.54 Å². The number of piperazine rings is 1. The highest BCUT2D eigenvalue weighted by molar-refractivity contribution is 5.86. The van der Waals surface area contributed by atoms with Gasteiger partial charge in [-0.25, -0.2) is 4.98 Å². The Bertz CT molecular complexity index is 1970. The normalized spacial score (nSPS) is 14.9. The number of fused-ring (bicyclic) bond motifs is 2. The van der Waals surface area contributed by atoms with Gasteiger partial charge in [-0.15, -0.1) is 0 Å². The molecule has 11 heteroatoms. The Morgan fingerprint density at radius 2 is 1.68 bits per heavy atom. The van der Waals surface area contributed by atoms with Gasteiger partial charge in [0, 0.05) is 74.7 Å². The van der Waals surface area contributed by atoms with Gasteiger partial charge < -0.3 is 34.8 Å². The highest BCUT2D eigenvalue weighted by atomic mass is 16.5. The SMILES string of the molecule is COc1ccc(CNc2ncc3cc(N4CCNc5c(C)cccc54)c(=O)n(-c4ccc(N5CCN(C)CC5)cc4)c3n2)c(OC)c1. The van der Waals surface area contributed by atoms with Crippen molar-refractivity contribution in [2.45, 2.75) is 13.5 Å². The van der Waals surface area contributed by atoms with Crippen LogP contribution in [0.1, 0.15) is 11.1 Å². The molecule has 5 aromatic rings. The highest BCUT2D eigenvalue weighted by Gasteiger charge is 2.24. The molecule has 2 aromatic heterocycles. The molecule has 0 radical (unpaired) electrons. The summed E-state index contributed by atoms with van der Waals surface area (Å²) in [4.78, 5) is 31.0. The van der Waals surface area contributed by atoms with Crippen molar-refractivity contribution in [2.75, 3.05) is 81.0 Å². The number of hydrogen-bond donors (Lipinski definition) is 2. The topological polar surface area (TPSA) is 100 Å². The molecule has 0 bridgehead atoms. The number of ether oxygens (including phenoxy) is 2. The molecule has 1 fully saturated rings. The van der Waals surface area contributed by atoms with E-state index in [-0.39, 0.29) is 5.56 Å². The molecule has 7 rings (SSSR count). The van der Waals surface area contributed by atoms with Crippen LogP contribution in [-0.4, -0.2) is 80.0 Å². The van der Waals surface area contributed by atoms with E-state index in [9.17, 15) is 4.79 Å². The fourth-order valence-corrected chi connectivity index (χ4v) is 6.42. The van der Waals surface area contributed by atoms with Gasteiger partial charge in [0.1, 0.15) is 17.2 Å². The van der Waals surface area contributed by atoms with E-state index in [0.29, 0.717) is 41.9 Å². The second kappa shape index (κ2) is 12.8. The lowest BCUT2D eigenvalue weighted by molar-refractivity contribution is 0.313. The van der Waals surface area contributed by atoms with Crippen molar-refractivity contribution in [2.24, 2.45) is 0 Å². The lowest BCUT2D eigenvalue weighted by atomic mass is 10.1. The third-order valence-electron chi connectivity index (χ3n) is 9.10. The molecule has 3 aromatic carbocycles. The van der Waals surface area contributed by atoms with Gasteiger partial charge in [-0.05, 0) is 68.1 Å². The minimum atomic E-state index is -0.138. The maximum atomic E-state index is 14.6. The number of para-hydroxylation sites is 1. The lowest BCUT2D eigenvalue weighted by Crippen LogP contribution is -2.44. The number of benzene rings is 3. The van der Waals surface area contributed by atoms with Crippen LogP contribution in [0.15, 0.2) is 77.7 Å². The molecule has 0 amide bonds. The first-order valence-corrected chi connectivity index (χ1v) is 16.0. The third-order valence-corrected chi connectivity index (χ3v) is 9.10. The molecule has 11 nitrogen and oxygen atoms in total. The Hall–Kier alpha value is -5.29. The summed E-state index contributed by atoms with van der Waals surface area (Å²) < 4.78 is 12.6. The molecule has 0 spiro atoms. The summed E-state index contributed by atoms with van der Waals surface area (Å²) in [7, 11) is 5.41. The van der Waals surface area contributed by atoms with Gasteiger partial charge in [-0.2, -0.15) is 4.98 Å². The summed E-state index contributed by atoms with van der Waals surface area (Å²) in [6.07, 6.45) is 1.79. The lowest BCUT2D eigenvalue weighted by Gasteiger charge is -2.34. The Morgan fingerprint density at radius 1 is 0.894 bits per heavy atom. The van der Waals surface area contributed by atoms with Crippen molar-refractivity contribution in [3.63, 3.8) is 0 Å². The summed E-state index contributed by atoms with van der Waals surface area (Å²) >= 11 is 0. The van der Waals surface area contributed by atoms with Gasteiger partial charge in [0.25, 0.3) is 5.56 Å². The molecule has 0 atom stereocenters. The van der Waals surface area contributed by atoms with E-state index in [0.717, 1.165) is 72.0 Å². The maximum Gasteiger partial charge on any atom is 0.280 e. The Morgan fingerprint density at radius 3 is 2.45 bits per heavy atom.